The van der Waals surface area contributed by atoms with E-state index in [2.05, 4.69) is 91.1 Å². The summed E-state index contributed by atoms with van der Waals surface area (Å²) in [6.07, 6.45) is 2.67. The lowest BCUT2D eigenvalue weighted by atomic mass is 10.1. The maximum Gasteiger partial charge on any atom is 0.307 e. The Morgan fingerprint density at radius 1 is 1.13 bits per heavy atom. The van der Waals surface area contributed by atoms with Gasteiger partial charge < -0.3 is 8.98 Å². The Labute approximate surface area is 197 Å². The van der Waals surface area contributed by atoms with Gasteiger partial charge in [0.2, 0.25) is 0 Å². The van der Waals surface area contributed by atoms with Crippen molar-refractivity contribution in [1.82, 2.24) is 9.99 Å². The molecule has 0 aliphatic heterocycles. The van der Waals surface area contributed by atoms with Crippen LogP contribution in [0.2, 0.25) is 0 Å². The number of carbonyl (C=O) groups is 1. The fourth-order valence-electron chi connectivity index (χ4n) is 3.60. The number of hydrogen-bond donors (Lipinski definition) is 1. The van der Waals surface area contributed by atoms with Crippen LogP contribution >= 0.6 is 31.9 Å². The van der Waals surface area contributed by atoms with Gasteiger partial charge in [0.25, 0.3) is 0 Å². The van der Waals surface area contributed by atoms with Crippen LogP contribution in [0.1, 0.15) is 40.0 Å². The molecule has 31 heavy (non-hydrogen) atoms. The summed E-state index contributed by atoms with van der Waals surface area (Å²) in [5, 5.41) is 4.97. The second-order valence-corrected chi connectivity index (χ2v) is 9.07. The highest BCUT2D eigenvalue weighted by Gasteiger charge is 2.14. The minimum atomic E-state index is -0.403. The number of aryl methyl sites for hydroxylation is 2. The first-order chi connectivity index (χ1) is 14.9. The number of aromatic nitrogens is 1. The highest BCUT2D eigenvalue weighted by atomic mass is 79.9. The molecule has 2 heterocycles. The molecule has 1 amide bonds. The number of furan rings is 1. The first-order valence-corrected chi connectivity index (χ1v) is 11.5. The first-order valence-electron chi connectivity index (χ1n) is 9.87. The van der Waals surface area contributed by atoms with Crippen LogP contribution in [-0.4, -0.2) is 16.7 Å². The Morgan fingerprint density at radius 2 is 1.87 bits per heavy atom. The summed E-state index contributed by atoms with van der Waals surface area (Å²) in [6.45, 7) is 6.24. The quantitative estimate of drug-likeness (QED) is 0.225. The zero-order valence-electron chi connectivity index (χ0n) is 17.4. The maximum atomic E-state index is 12.5. The van der Waals surface area contributed by atoms with E-state index in [9.17, 15) is 4.79 Å². The maximum absolute atomic E-state index is 12.5. The molecule has 1 N–H and O–H groups in total. The van der Waals surface area contributed by atoms with Gasteiger partial charge in [-0.05, 0) is 78.2 Å². The van der Waals surface area contributed by atoms with Crippen LogP contribution in [0.4, 0.5) is 0 Å². The molecule has 4 rings (SSSR count). The number of hydrazone groups is 1. The Kier molecular flexibility index (Phi) is 6.16. The predicted molar refractivity (Wildman–Crippen MR) is 131 cm³/mol. The highest BCUT2D eigenvalue weighted by molar-refractivity contribution is 9.11. The molecule has 0 saturated heterocycles. The summed E-state index contributed by atoms with van der Waals surface area (Å²) >= 11 is 6.89. The minimum Gasteiger partial charge on any atom is -0.450 e. The topological polar surface area (TPSA) is 59.5 Å². The number of nitrogens with one attached hydrogen (secondary N) is 1. The van der Waals surface area contributed by atoms with Crippen molar-refractivity contribution in [3.05, 3.63) is 85.8 Å². The van der Waals surface area contributed by atoms with E-state index in [4.69, 9.17) is 4.42 Å². The third-order valence-electron chi connectivity index (χ3n) is 5.20. The average molecular weight is 543 g/mol. The number of hydrogen-bond acceptors (Lipinski definition) is 3. The number of rotatable bonds is 5. The summed E-state index contributed by atoms with van der Waals surface area (Å²) in [4.78, 5) is 12.5. The monoisotopic (exact) mass is 541 g/mol. The van der Waals surface area contributed by atoms with E-state index < -0.39 is 5.91 Å². The van der Waals surface area contributed by atoms with Gasteiger partial charge >= 0.3 is 5.91 Å². The van der Waals surface area contributed by atoms with Crippen LogP contribution in [0.25, 0.3) is 16.7 Å². The molecule has 0 aliphatic rings. The number of nitrogens with zero attached hydrogens (tertiary/aromatic N) is 2. The number of carbonyl (C=O) groups excluding carboxylic acids is 1. The first kappa shape index (κ1) is 21.6. The zero-order valence-corrected chi connectivity index (χ0v) is 20.5. The van der Waals surface area contributed by atoms with E-state index in [1.54, 1.807) is 12.3 Å². The molecular weight excluding hydrogens is 522 g/mol. The van der Waals surface area contributed by atoms with Crippen molar-refractivity contribution in [3.8, 4) is 5.69 Å². The van der Waals surface area contributed by atoms with Gasteiger partial charge in [-0.25, -0.2) is 5.43 Å². The fourth-order valence-corrected chi connectivity index (χ4v) is 4.94. The summed E-state index contributed by atoms with van der Waals surface area (Å²) in [6, 6.07) is 16.1. The molecule has 0 radical (unpaired) electrons. The molecule has 0 aliphatic carbocycles. The van der Waals surface area contributed by atoms with E-state index in [-0.39, 0.29) is 5.76 Å². The summed E-state index contributed by atoms with van der Waals surface area (Å²) < 4.78 is 9.54. The van der Waals surface area contributed by atoms with Crippen LogP contribution < -0.4 is 5.43 Å². The van der Waals surface area contributed by atoms with Crippen molar-refractivity contribution < 1.29 is 9.21 Å². The predicted octanol–water partition coefficient (Wildman–Crippen LogP) is 6.69. The highest BCUT2D eigenvalue weighted by Crippen LogP contribution is 2.31. The number of halogens is 2. The van der Waals surface area contributed by atoms with Crippen molar-refractivity contribution in [2.45, 2.75) is 27.2 Å². The smallest absolute Gasteiger partial charge is 0.307 e. The molecule has 0 fully saturated rings. The standard InChI is InChI=1S/C24H21Br2N3O2/c1-4-16-5-7-20(8-6-16)29-14(2)9-18(15(29)3)13-27-28-24(30)22-11-17-10-19(25)12-21(26)23(17)31-22/h5-13H,4H2,1-3H3,(H,28,30)/b27-13-. The molecule has 7 heteroatoms. The lowest BCUT2D eigenvalue weighted by Gasteiger charge is -2.10. The van der Waals surface area contributed by atoms with Gasteiger partial charge in [0, 0.05) is 32.5 Å². The Balaban J connectivity index is 1.52. The summed E-state index contributed by atoms with van der Waals surface area (Å²) in [7, 11) is 0. The van der Waals surface area contributed by atoms with Crippen molar-refractivity contribution in [1.29, 1.82) is 0 Å². The van der Waals surface area contributed by atoms with Crippen molar-refractivity contribution >= 4 is 55.0 Å². The molecule has 0 unspecified atom stereocenters. The van der Waals surface area contributed by atoms with Gasteiger partial charge in [-0.2, -0.15) is 5.10 Å². The molecule has 0 atom stereocenters. The van der Waals surface area contributed by atoms with Crippen LogP contribution in [0.5, 0.6) is 0 Å². The Morgan fingerprint density at radius 3 is 2.58 bits per heavy atom. The van der Waals surface area contributed by atoms with Crippen molar-refractivity contribution in [3.63, 3.8) is 0 Å². The van der Waals surface area contributed by atoms with E-state index >= 15 is 0 Å². The zero-order chi connectivity index (χ0) is 22.1. The fraction of sp³-hybridized carbons (Fsp3) is 0.167. The van der Waals surface area contributed by atoms with Gasteiger partial charge in [0.05, 0.1) is 10.7 Å². The van der Waals surface area contributed by atoms with Crippen LogP contribution in [0, 0.1) is 13.8 Å². The van der Waals surface area contributed by atoms with Gasteiger partial charge in [0.1, 0.15) is 5.58 Å². The lowest BCUT2D eigenvalue weighted by molar-refractivity contribution is 0.0929. The largest absolute Gasteiger partial charge is 0.450 e. The number of benzene rings is 2. The van der Waals surface area contributed by atoms with Crippen molar-refractivity contribution in [2.75, 3.05) is 0 Å². The van der Waals surface area contributed by atoms with Gasteiger partial charge in [0.15, 0.2) is 5.76 Å². The van der Waals surface area contributed by atoms with Crippen LogP contribution in [0.15, 0.2) is 67.0 Å². The third-order valence-corrected chi connectivity index (χ3v) is 6.25. The third kappa shape index (κ3) is 4.38. The molecule has 0 spiro atoms. The number of fused-ring (bicyclic) bond motifs is 1. The Bertz CT molecular complexity index is 1300. The molecule has 4 aromatic rings. The molecule has 0 saturated carbocycles. The second kappa shape index (κ2) is 8.85. The molecule has 5 nitrogen and oxygen atoms in total. The van der Waals surface area contributed by atoms with Crippen LogP contribution in [-0.2, 0) is 6.42 Å². The van der Waals surface area contributed by atoms with Gasteiger partial charge in [-0.15, -0.1) is 0 Å². The summed E-state index contributed by atoms with van der Waals surface area (Å²) in [5.74, 6) is -0.202. The van der Waals surface area contributed by atoms with Crippen LogP contribution in [0.3, 0.4) is 0 Å². The minimum absolute atomic E-state index is 0.201. The average Bonchev–Trinajstić information content (AvgIpc) is 3.29. The summed E-state index contributed by atoms with van der Waals surface area (Å²) in [5.41, 5.74) is 8.68. The molecule has 2 aromatic carbocycles. The van der Waals surface area contributed by atoms with E-state index in [0.717, 1.165) is 43.4 Å². The molecular formula is C24H21Br2N3O2. The number of amides is 1. The van der Waals surface area contributed by atoms with Gasteiger partial charge in [-0.3, -0.25) is 4.79 Å². The Hall–Kier alpha value is -2.64. The van der Waals surface area contributed by atoms with E-state index in [0.29, 0.717) is 5.58 Å². The van der Waals surface area contributed by atoms with E-state index in [1.165, 1.54) is 5.56 Å². The molecule has 0 bridgehead atoms. The normalized spacial score (nSPS) is 11.5. The van der Waals surface area contributed by atoms with Gasteiger partial charge in [-0.1, -0.05) is 35.0 Å². The van der Waals surface area contributed by atoms with Crippen molar-refractivity contribution in [2.24, 2.45) is 5.10 Å². The lowest BCUT2D eigenvalue weighted by Crippen LogP contribution is -2.16. The molecule has 158 valence electrons. The van der Waals surface area contributed by atoms with E-state index in [1.807, 2.05) is 19.1 Å². The SMILES string of the molecule is CCc1ccc(-n2c(C)cc(/C=N\NC(=O)c3cc4cc(Br)cc(Br)c4o3)c2C)cc1. The second-order valence-electron chi connectivity index (χ2n) is 7.30. The molecule has 2 aromatic heterocycles.